The molecule has 0 heterocycles. The van der Waals surface area contributed by atoms with Crippen LogP contribution in [-0.2, 0) is 20.8 Å². The molecule has 1 amide bonds. The fourth-order valence-electron chi connectivity index (χ4n) is 1.73. The quantitative estimate of drug-likeness (QED) is 0.649. The second-order valence-electron chi connectivity index (χ2n) is 4.87. The Balaban J connectivity index is 2.27. The SMILES string of the molecule is CCCCOCCOC(C)C(=O)Nc1cccc(CN)c1. The Morgan fingerprint density at radius 1 is 1.33 bits per heavy atom. The third-order valence-electron chi connectivity index (χ3n) is 3.04. The van der Waals surface area contributed by atoms with Crippen LogP contribution in [0.5, 0.6) is 0 Å². The monoisotopic (exact) mass is 294 g/mol. The van der Waals surface area contributed by atoms with E-state index in [1.165, 1.54) is 0 Å². The Labute approximate surface area is 126 Å². The molecule has 0 aliphatic heterocycles. The van der Waals surface area contributed by atoms with Gasteiger partial charge in [0, 0.05) is 18.8 Å². The first-order valence-corrected chi connectivity index (χ1v) is 7.46. The number of amides is 1. The van der Waals surface area contributed by atoms with Crippen molar-refractivity contribution in [3.8, 4) is 0 Å². The number of hydrogen-bond acceptors (Lipinski definition) is 4. The predicted octanol–water partition coefficient (Wildman–Crippen LogP) is 2.31. The minimum absolute atomic E-state index is 0.169. The number of carbonyl (C=O) groups excluding carboxylic acids is 1. The second-order valence-corrected chi connectivity index (χ2v) is 4.87. The molecule has 1 rings (SSSR count). The van der Waals surface area contributed by atoms with Gasteiger partial charge in [0.2, 0.25) is 0 Å². The van der Waals surface area contributed by atoms with Crippen LogP contribution in [0.4, 0.5) is 5.69 Å². The van der Waals surface area contributed by atoms with Crippen molar-refractivity contribution in [2.24, 2.45) is 5.73 Å². The maximum absolute atomic E-state index is 12.0. The van der Waals surface area contributed by atoms with Crippen molar-refractivity contribution < 1.29 is 14.3 Å². The van der Waals surface area contributed by atoms with E-state index in [4.69, 9.17) is 15.2 Å². The Morgan fingerprint density at radius 3 is 2.86 bits per heavy atom. The standard InChI is InChI=1S/C16H26N2O3/c1-3-4-8-20-9-10-21-13(2)16(19)18-15-7-5-6-14(11-15)12-17/h5-7,11,13H,3-4,8-10,12,17H2,1-2H3,(H,18,19). The number of rotatable bonds is 10. The summed E-state index contributed by atoms with van der Waals surface area (Å²) in [5, 5.41) is 2.82. The molecule has 21 heavy (non-hydrogen) atoms. The molecule has 0 aliphatic rings. The summed E-state index contributed by atoms with van der Waals surface area (Å²) in [6.45, 7) is 5.97. The van der Waals surface area contributed by atoms with Gasteiger partial charge < -0.3 is 20.5 Å². The number of hydrogen-bond donors (Lipinski definition) is 2. The zero-order valence-electron chi connectivity index (χ0n) is 12.9. The third-order valence-corrected chi connectivity index (χ3v) is 3.04. The lowest BCUT2D eigenvalue weighted by atomic mass is 10.2. The largest absolute Gasteiger partial charge is 0.379 e. The van der Waals surface area contributed by atoms with E-state index in [1.54, 1.807) is 6.92 Å². The van der Waals surface area contributed by atoms with E-state index in [-0.39, 0.29) is 5.91 Å². The summed E-state index contributed by atoms with van der Waals surface area (Å²) in [5.74, 6) is -0.169. The Bertz CT molecular complexity index is 424. The fourth-order valence-corrected chi connectivity index (χ4v) is 1.73. The van der Waals surface area contributed by atoms with Crippen molar-refractivity contribution in [2.75, 3.05) is 25.1 Å². The Morgan fingerprint density at radius 2 is 2.14 bits per heavy atom. The van der Waals surface area contributed by atoms with Crippen molar-refractivity contribution in [2.45, 2.75) is 39.3 Å². The van der Waals surface area contributed by atoms with Gasteiger partial charge in [-0.3, -0.25) is 4.79 Å². The van der Waals surface area contributed by atoms with Crippen LogP contribution in [0, 0.1) is 0 Å². The maximum Gasteiger partial charge on any atom is 0.253 e. The molecule has 1 aromatic carbocycles. The smallest absolute Gasteiger partial charge is 0.253 e. The normalized spacial score (nSPS) is 12.1. The van der Waals surface area contributed by atoms with Gasteiger partial charge in [0.15, 0.2) is 0 Å². The molecule has 0 aromatic heterocycles. The molecular formula is C16H26N2O3. The lowest BCUT2D eigenvalue weighted by Crippen LogP contribution is -2.29. The molecule has 0 radical (unpaired) electrons. The third kappa shape index (κ3) is 7.22. The van der Waals surface area contributed by atoms with Crippen molar-refractivity contribution in [3.05, 3.63) is 29.8 Å². The van der Waals surface area contributed by atoms with Gasteiger partial charge in [-0.25, -0.2) is 0 Å². The number of benzene rings is 1. The van der Waals surface area contributed by atoms with Gasteiger partial charge in [0.1, 0.15) is 6.10 Å². The molecule has 3 N–H and O–H groups in total. The summed E-state index contributed by atoms with van der Waals surface area (Å²) in [7, 11) is 0. The van der Waals surface area contributed by atoms with E-state index < -0.39 is 6.10 Å². The first-order valence-electron chi connectivity index (χ1n) is 7.46. The van der Waals surface area contributed by atoms with Gasteiger partial charge in [-0.15, -0.1) is 0 Å². The molecular weight excluding hydrogens is 268 g/mol. The predicted molar refractivity (Wildman–Crippen MR) is 84.1 cm³/mol. The highest BCUT2D eigenvalue weighted by Crippen LogP contribution is 2.11. The van der Waals surface area contributed by atoms with E-state index in [2.05, 4.69) is 12.2 Å². The summed E-state index contributed by atoms with van der Waals surface area (Å²) in [4.78, 5) is 12.0. The lowest BCUT2D eigenvalue weighted by Gasteiger charge is -2.14. The van der Waals surface area contributed by atoms with Gasteiger partial charge in [0.05, 0.1) is 13.2 Å². The molecule has 5 nitrogen and oxygen atoms in total. The minimum atomic E-state index is -0.513. The first kappa shape index (κ1) is 17.6. The number of ether oxygens (including phenoxy) is 2. The molecule has 1 unspecified atom stereocenters. The van der Waals surface area contributed by atoms with Gasteiger partial charge in [0.25, 0.3) is 5.91 Å². The van der Waals surface area contributed by atoms with Crippen LogP contribution in [0.15, 0.2) is 24.3 Å². The van der Waals surface area contributed by atoms with Crippen molar-refractivity contribution in [3.63, 3.8) is 0 Å². The van der Waals surface area contributed by atoms with Crippen molar-refractivity contribution in [1.29, 1.82) is 0 Å². The number of nitrogens with one attached hydrogen (secondary N) is 1. The van der Waals surface area contributed by atoms with Crippen LogP contribution in [0.2, 0.25) is 0 Å². The number of nitrogens with two attached hydrogens (primary N) is 1. The zero-order chi connectivity index (χ0) is 15.5. The van der Waals surface area contributed by atoms with Gasteiger partial charge >= 0.3 is 0 Å². The van der Waals surface area contributed by atoms with Crippen LogP contribution in [-0.4, -0.2) is 31.8 Å². The molecule has 118 valence electrons. The molecule has 5 heteroatoms. The van der Waals surface area contributed by atoms with Gasteiger partial charge in [-0.05, 0) is 31.0 Å². The second kappa shape index (κ2) is 10.3. The highest BCUT2D eigenvalue weighted by molar-refractivity contribution is 5.93. The average Bonchev–Trinajstić information content (AvgIpc) is 2.50. The molecule has 0 bridgehead atoms. The highest BCUT2D eigenvalue weighted by Gasteiger charge is 2.13. The van der Waals surface area contributed by atoms with Gasteiger partial charge in [-0.2, -0.15) is 0 Å². The summed E-state index contributed by atoms with van der Waals surface area (Å²) in [6.07, 6.45) is 1.65. The maximum atomic E-state index is 12.0. The molecule has 0 aliphatic carbocycles. The van der Waals surface area contributed by atoms with Crippen molar-refractivity contribution in [1.82, 2.24) is 0 Å². The van der Waals surface area contributed by atoms with E-state index in [9.17, 15) is 4.79 Å². The lowest BCUT2D eigenvalue weighted by molar-refractivity contribution is -0.127. The molecule has 0 fully saturated rings. The van der Waals surface area contributed by atoms with Crippen LogP contribution in [0.3, 0.4) is 0 Å². The molecule has 0 spiro atoms. The van der Waals surface area contributed by atoms with E-state index in [0.29, 0.717) is 19.8 Å². The Kier molecular flexibility index (Phi) is 8.66. The number of carbonyl (C=O) groups is 1. The summed E-state index contributed by atoms with van der Waals surface area (Å²) >= 11 is 0. The van der Waals surface area contributed by atoms with E-state index in [0.717, 1.165) is 30.7 Å². The van der Waals surface area contributed by atoms with Crippen LogP contribution < -0.4 is 11.1 Å². The zero-order valence-corrected chi connectivity index (χ0v) is 12.9. The minimum Gasteiger partial charge on any atom is -0.379 e. The van der Waals surface area contributed by atoms with Gasteiger partial charge in [-0.1, -0.05) is 25.5 Å². The molecule has 0 saturated heterocycles. The molecule has 1 aromatic rings. The van der Waals surface area contributed by atoms with Crippen molar-refractivity contribution >= 4 is 11.6 Å². The average molecular weight is 294 g/mol. The van der Waals surface area contributed by atoms with Crippen LogP contribution in [0.25, 0.3) is 0 Å². The van der Waals surface area contributed by atoms with E-state index in [1.807, 2.05) is 24.3 Å². The molecule has 0 saturated carbocycles. The highest BCUT2D eigenvalue weighted by atomic mass is 16.5. The van der Waals surface area contributed by atoms with Crippen LogP contribution >= 0.6 is 0 Å². The first-order chi connectivity index (χ1) is 10.2. The topological polar surface area (TPSA) is 73.6 Å². The summed E-state index contributed by atoms with van der Waals surface area (Å²) < 4.78 is 10.8. The number of anilines is 1. The molecule has 1 atom stereocenters. The van der Waals surface area contributed by atoms with E-state index >= 15 is 0 Å². The fraction of sp³-hybridized carbons (Fsp3) is 0.562. The Hall–Kier alpha value is -1.43. The number of unbranched alkanes of at least 4 members (excludes halogenated alkanes) is 1. The summed E-state index contributed by atoms with van der Waals surface area (Å²) in [5.41, 5.74) is 7.29. The van der Waals surface area contributed by atoms with Crippen LogP contribution in [0.1, 0.15) is 32.3 Å². The summed E-state index contributed by atoms with van der Waals surface area (Å²) in [6, 6.07) is 7.48.